The van der Waals surface area contributed by atoms with Crippen molar-refractivity contribution in [1.82, 2.24) is 10.2 Å². The Kier molecular flexibility index (Phi) is 6.08. The number of nitrogens with one attached hydrogen (secondary N) is 1. The van der Waals surface area contributed by atoms with Crippen molar-refractivity contribution >= 4 is 35.3 Å². The molecule has 0 aromatic heterocycles. The molecule has 0 bridgehead atoms. The number of thioether (sulfide) groups is 2. The molecular weight excluding hydrogens is 292 g/mol. The van der Waals surface area contributed by atoms with Crippen LogP contribution >= 0.6 is 23.5 Å². The summed E-state index contributed by atoms with van der Waals surface area (Å²) in [7, 11) is 0. The third-order valence-corrected chi connectivity index (χ3v) is 6.85. The number of hydrogen-bond donors (Lipinski definition) is 1. The van der Waals surface area contributed by atoms with E-state index in [-0.39, 0.29) is 23.8 Å². The second-order valence-corrected chi connectivity index (χ2v) is 8.09. The highest BCUT2D eigenvalue weighted by Gasteiger charge is 2.34. The Morgan fingerprint density at radius 2 is 2.20 bits per heavy atom. The summed E-state index contributed by atoms with van der Waals surface area (Å²) in [5.41, 5.74) is 0. The van der Waals surface area contributed by atoms with Gasteiger partial charge in [0.2, 0.25) is 11.8 Å². The van der Waals surface area contributed by atoms with Crippen LogP contribution in [0.5, 0.6) is 0 Å². The SMILES string of the molecule is CCC(C)C1NC(=O)CCN(CC2CSCCS2)C1=O. The highest BCUT2D eigenvalue weighted by molar-refractivity contribution is 8.06. The largest absolute Gasteiger partial charge is 0.344 e. The molecule has 2 heterocycles. The molecule has 2 rings (SSSR count). The Labute approximate surface area is 129 Å². The van der Waals surface area contributed by atoms with E-state index in [1.54, 1.807) is 0 Å². The van der Waals surface area contributed by atoms with Crippen LogP contribution < -0.4 is 5.32 Å². The molecular formula is C14H24N2O2S2. The molecule has 0 spiro atoms. The van der Waals surface area contributed by atoms with Crippen molar-refractivity contribution in [2.24, 2.45) is 5.92 Å². The Morgan fingerprint density at radius 3 is 2.85 bits per heavy atom. The Hall–Kier alpha value is -0.360. The zero-order valence-electron chi connectivity index (χ0n) is 12.3. The van der Waals surface area contributed by atoms with Gasteiger partial charge in [0.1, 0.15) is 6.04 Å². The van der Waals surface area contributed by atoms with Crippen molar-refractivity contribution in [3.63, 3.8) is 0 Å². The first-order valence-electron chi connectivity index (χ1n) is 7.39. The molecule has 0 aliphatic carbocycles. The predicted molar refractivity (Wildman–Crippen MR) is 86.2 cm³/mol. The standard InChI is InChI=1S/C14H24N2O2S2/c1-3-10(2)13-14(18)16(5-4-12(17)15-13)8-11-9-19-6-7-20-11/h10-11,13H,3-9H2,1-2H3,(H,15,17). The van der Waals surface area contributed by atoms with E-state index in [1.165, 1.54) is 11.5 Å². The summed E-state index contributed by atoms with van der Waals surface area (Å²) in [5.74, 6) is 3.82. The summed E-state index contributed by atoms with van der Waals surface area (Å²) in [4.78, 5) is 26.4. The molecule has 1 N–H and O–H groups in total. The fourth-order valence-electron chi connectivity index (χ4n) is 2.54. The highest BCUT2D eigenvalue weighted by atomic mass is 32.2. The average molecular weight is 316 g/mol. The smallest absolute Gasteiger partial charge is 0.245 e. The van der Waals surface area contributed by atoms with Gasteiger partial charge >= 0.3 is 0 Å². The van der Waals surface area contributed by atoms with Gasteiger partial charge in [0, 0.05) is 42.0 Å². The number of rotatable bonds is 4. The van der Waals surface area contributed by atoms with Crippen LogP contribution in [0.15, 0.2) is 0 Å². The van der Waals surface area contributed by atoms with Crippen LogP contribution in [0, 0.1) is 5.92 Å². The van der Waals surface area contributed by atoms with Gasteiger partial charge in [-0.3, -0.25) is 9.59 Å². The zero-order chi connectivity index (χ0) is 14.5. The average Bonchev–Trinajstić information content (AvgIpc) is 2.61. The number of amides is 2. The Bertz CT molecular complexity index is 359. The van der Waals surface area contributed by atoms with Crippen LogP contribution in [-0.4, -0.2) is 58.4 Å². The van der Waals surface area contributed by atoms with Gasteiger partial charge in [-0.05, 0) is 5.92 Å². The van der Waals surface area contributed by atoms with Gasteiger partial charge in [0.15, 0.2) is 0 Å². The van der Waals surface area contributed by atoms with E-state index in [9.17, 15) is 9.59 Å². The van der Waals surface area contributed by atoms with Crippen molar-refractivity contribution in [3.8, 4) is 0 Å². The van der Waals surface area contributed by atoms with Crippen LogP contribution in [0.2, 0.25) is 0 Å². The molecule has 0 saturated carbocycles. The van der Waals surface area contributed by atoms with Gasteiger partial charge in [-0.1, -0.05) is 20.3 Å². The fourth-order valence-corrected chi connectivity index (χ4v) is 5.22. The van der Waals surface area contributed by atoms with Crippen molar-refractivity contribution < 1.29 is 9.59 Å². The van der Waals surface area contributed by atoms with Crippen LogP contribution in [-0.2, 0) is 9.59 Å². The summed E-state index contributed by atoms with van der Waals surface area (Å²) in [6.45, 7) is 5.46. The van der Waals surface area contributed by atoms with Crippen molar-refractivity contribution in [3.05, 3.63) is 0 Å². The fraction of sp³-hybridized carbons (Fsp3) is 0.857. The molecule has 2 fully saturated rings. The first-order valence-corrected chi connectivity index (χ1v) is 9.59. The van der Waals surface area contributed by atoms with E-state index < -0.39 is 0 Å². The van der Waals surface area contributed by atoms with Crippen molar-refractivity contribution in [2.45, 2.75) is 38.0 Å². The van der Waals surface area contributed by atoms with Gasteiger partial charge in [-0.15, -0.1) is 0 Å². The maximum atomic E-state index is 12.7. The molecule has 3 unspecified atom stereocenters. The molecule has 2 aliphatic rings. The van der Waals surface area contributed by atoms with E-state index in [0.29, 0.717) is 18.2 Å². The van der Waals surface area contributed by atoms with Crippen LogP contribution in [0.3, 0.4) is 0 Å². The Morgan fingerprint density at radius 1 is 1.40 bits per heavy atom. The number of carbonyl (C=O) groups is 2. The maximum absolute atomic E-state index is 12.7. The summed E-state index contributed by atoms with van der Waals surface area (Å²) in [6.07, 6.45) is 1.34. The second kappa shape index (κ2) is 7.59. The van der Waals surface area contributed by atoms with Gasteiger partial charge in [-0.25, -0.2) is 0 Å². The lowest BCUT2D eigenvalue weighted by Gasteiger charge is -2.31. The quantitative estimate of drug-likeness (QED) is 0.856. The molecule has 20 heavy (non-hydrogen) atoms. The lowest BCUT2D eigenvalue weighted by Crippen LogP contribution is -2.49. The third-order valence-electron chi connectivity index (χ3n) is 4.02. The third kappa shape index (κ3) is 4.07. The lowest BCUT2D eigenvalue weighted by atomic mass is 9.98. The van der Waals surface area contributed by atoms with Gasteiger partial charge < -0.3 is 10.2 Å². The maximum Gasteiger partial charge on any atom is 0.245 e. The summed E-state index contributed by atoms with van der Waals surface area (Å²) in [6, 6.07) is -0.337. The minimum atomic E-state index is -0.337. The first-order chi connectivity index (χ1) is 9.61. The molecule has 0 aromatic rings. The van der Waals surface area contributed by atoms with Gasteiger partial charge in [-0.2, -0.15) is 23.5 Å². The predicted octanol–water partition coefficient (Wildman–Crippen LogP) is 1.60. The molecule has 2 aliphatic heterocycles. The second-order valence-electron chi connectivity index (χ2n) is 5.53. The van der Waals surface area contributed by atoms with E-state index in [1.807, 2.05) is 35.3 Å². The molecule has 4 nitrogen and oxygen atoms in total. The minimum Gasteiger partial charge on any atom is -0.344 e. The molecule has 2 amide bonds. The van der Waals surface area contributed by atoms with Crippen LogP contribution in [0.1, 0.15) is 26.7 Å². The molecule has 3 atom stereocenters. The topological polar surface area (TPSA) is 49.4 Å². The van der Waals surface area contributed by atoms with E-state index in [2.05, 4.69) is 12.2 Å². The summed E-state index contributed by atoms with van der Waals surface area (Å²) < 4.78 is 0. The summed E-state index contributed by atoms with van der Waals surface area (Å²) in [5, 5.41) is 3.42. The zero-order valence-corrected chi connectivity index (χ0v) is 13.9. The van der Waals surface area contributed by atoms with Crippen molar-refractivity contribution in [2.75, 3.05) is 30.3 Å². The van der Waals surface area contributed by atoms with Crippen LogP contribution in [0.4, 0.5) is 0 Å². The molecule has 0 aromatic carbocycles. The van der Waals surface area contributed by atoms with Gasteiger partial charge in [0.25, 0.3) is 0 Å². The normalized spacial score (nSPS) is 29.8. The molecule has 2 saturated heterocycles. The minimum absolute atomic E-state index is 0.0109. The Balaban J connectivity index is 2.02. The molecule has 6 heteroatoms. The number of hydrogen-bond acceptors (Lipinski definition) is 4. The summed E-state index contributed by atoms with van der Waals surface area (Å²) >= 11 is 3.93. The van der Waals surface area contributed by atoms with Crippen molar-refractivity contribution in [1.29, 1.82) is 0 Å². The number of carbonyl (C=O) groups excluding carboxylic acids is 2. The van der Waals surface area contributed by atoms with Gasteiger partial charge in [0.05, 0.1) is 0 Å². The molecule has 0 radical (unpaired) electrons. The molecule has 114 valence electrons. The monoisotopic (exact) mass is 316 g/mol. The first kappa shape index (κ1) is 16.0. The lowest BCUT2D eigenvalue weighted by molar-refractivity contribution is -0.134. The number of nitrogens with zero attached hydrogens (tertiary/aromatic N) is 1. The van der Waals surface area contributed by atoms with E-state index in [4.69, 9.17) is 0 Å². The van der Waals surface area contributed by atoms with Crippen LogP contribution in [0.25, 0.3) is 0 Å². The van der Waals surface area contributed by atoms with E-state index >= 15 is 0 Å². The van der Waals surface area contributed by atoms with E-state index in [0.717, 1.165) is 18.7 Å². The highest BCUT2D eigenvalue weighted by Crippen LogP contribution is 2.25.